The van der Waals surface area contributed by atoms with E-state index in [4.69, 9.17) is 34.8 Å². The van der Waals surface area contributed by atoms with Crippen LogP contribution in [0.2, 0.25) is 15.1 Å². The molecule has 0 unspecified atom stereocenters. The molecule has 2 aromatic heterocycles. The average Bonchev–Trinajstić information content (AvgIpc) is 3.13. The van der Waals surface area contributed by atoms with Crippen molar-refractivity contribution < 1.29 is 18.0 Å². The number of carbonyl (C=O) groups excluding carboxylic acids is 1. The maximum absolute atomic E-state index is 13.7. The van der Waals surface area contributed by atoms with Crippen molar-refractivity contribution in [3.05, 3.63) is 81.1 Å². The summed E-state index contributed by atoms with van der Waals surface area (Å²) in [5, 5.41) is 7.27. The van der Waals surface area contributed by atoms with Crippen molar-refractivity contribution in [3.8, 4) is 11.3 Å². The smallest absolute Gasteiger partial charge is 0.319 e. The topological polar surface area (TPSA) is 59.3 Å². The second-order valence-corrected chi connectivity index (χ2v) is 7.69. The quantitative estimate of drug-likeness (QED) is 0.354. The van der Waals surface area contributed by atoms with Crippen molar-refractivity contribution in [1.29, 1.82) is 0 Å². The van der Waals surface area contributed by atoms with Gasteiger partial charge in [0, 0.05) is 21.7 Å². The first-order valence-electron chi connectivity index (χ1n) is 8.62. The molecule has 5 nitrogen and oxygen atoms in total. The zero-order valence-corrected chi connectivity index (χ0v) is 17.5. The third kappa shape index (κ3) is 4.46. The van der Waals surface area contributed by atoms with E-state index in [2.05, 4.69) is 15.4 Å². The number of halogens is 6. The summed E-state index contributed by atoms with van der Waals surface area (Å²) in [6.45, 7) is 0. The lowest BCUT2D eigenvalue weighted by Crippen LogP contribution is -2.16. The van der Waals surface area contributed by atoms with Gasteiger partial charge in [0.25, 0.3) is 5.91 Å². The Balaban J connectivity index is 1.78. The maximum atomic E-state index is 13.7. The molecule has 0 fully saturated rings. The van der Waals surface area contributed by atoms with Crippen molar-refractivity contribution in [3.63, 3.8) is 0 Å². The first kappa shape index (κ1) is 21.4. The Kier molecular flexibility index (Phi) is 5.55. The predicted molar refractivity (Wildman–Crippen MR) is 113 cm³/mol. The minimum absolute atomic E-state index is 0.0593. The van der Waals surface area contributed by atoms with Gasteiger partial charge in [-0.15, -0.1) is 0 Å². The molecule has 0 saturated heterocycles. The number of hydrogen-bond donors (Lipinski definition) is 1. The van der Waals surface area contributed by atoms with E-state index < -0.39 is 17.8 Å². The van der Waals surface area contributed by atoms with Crippen LogP contribution in [0.3, 0.4) is 0 Å². The van der Waals surface area contributed by atoms with Crippen molar-refractivity contribution in [2.45, 2.75) is 6.18 Å². The standard InChI is InChI=1S/C20H10Cl3F3N4O/c21-11-3-1-10(2-4-11)15-8-17(20(24,25)26)30-18(27-15)9-16(29-30)19(31)28-14-6-5-12(22)7-13(14)23/h1-9H,(H,28,31). The highest BCUT2D eigenvalue weighted by atomic mass is 35.5. The van der Waals surface area contributed by atoms with Gasteiger partial charge in [0.1, 0.15) is 0 Å². The van der Waals surface area contributed by atoms with Gasteiger partial charge in [-0.3, -0.25) is 4.79 Å². The Morgan fingerprint density at radius 3 is 2.26 bits per heavy atom. The van der Waals surface area contributed by atoms with E-state index in [0.717, 1.165) is 12.1 Å². The molecule has 0 atom stereocenters. The van der Waals surface area contributed by atoms with E-state index in [9.17, 15) is 18.0 Å². The molecule has 4 aromatic rings. The van der Waals surface area contributed by atoms with E-state index in [1.54, 1.807) is 24.3 Å². The molecule has 4 rings (SSSR count). The van der Waals surface area contributed by atoms with Gasteiger partial charge in [-0.1, -0.05) is 46.9 Å². The molecule has 0 aliphatic carbocycles. The molecule has 2 heterocycles. The lowest BCUT2D eigenvalue weighted by molar-refractivity contribution is -0.142. The molecule has 0 bridgehead atoms. The summed E-state index contributed by atoms with van der Waals surface area (Å²) in [7, 11) is 0. The Morgan fingerprint density at radius 1 is 0.935 bits per heavy atom. The lowest BCUT2D eigenvalue weighted by Gasteiger charge is -2.11. The van der Waals surface area contributed by atoms with Crippen LogP contribution in [-0.4, -0.2) is 20.5 Å². The summed E-state index contributed by atoms with van der Waals surface area (Å²) < 4.78 is 41.6. The minimum Gasteiger partial charge on any atom is -0.319 e. The molecule has 31 heavy (non-hydrogen) atoms. The number of rotatable bonds is 3. The molecule has 0 radical (unpaired) electrons. The van der Waals surface area contributed by atoms with Crippen LogP contribution in [0.1, 0.15) is 16.2 Å². The van der Waals surface area contributed by atoms with Crippen LogP contribution in [0.15, 0.2) is 54.6 Å². The summed E-state index contributed by atoms with van der Waals surface area (Å²) in [4.78, 5) is 16.8. The number of fused-ring (bicyclic) bond motifs is 1. The van der Waals surface area contributed by atoms with Gasteiger partial charge in [-0.2, -0.15) is 18.3 Å². The second kappa shape index (κ2) is 8.03. The van der Waals surface area contributed by atoms with Crippen LogP contribution < -0.4 is 5.32 Å². The summed E-state index contributed by atoms with van der Waals surface area (Å²) in [6.07, 6.45) is -4.73. The fraction of sp³-hybridized carbons (Fsp3) is 0.0500. The van der Waals surface area contributed by atoms with Crippen molar-refractivity contribution >= 4 is 52.0 Å². The second-order valence-electron chi connectivity index (χ2n) is 6.41. The number of carbonyl (C=O) groups is 1. The molecule has 0 aliphatic rings. The van der Waals surface area contributed by atoms with Crippen LogP contribution in [0.25, 0.3) is 16.9 Å². The van der Waals surface area contributed by atoms with Gasteiger partial charge in [-0.25, -0.2) is 9.50 Å². The van der Waals surface area contributed by atoms with Gasteiger partial charge >= 0.3 is 6.18 Å². The van der Waals surface area contributed by atoms with E-state index in [1.807, 2.05) is 0 Å². The Hall–Kier alpha value is -2.81. The summed E-state index contributed by atoms with van der Waals surface area (Å²) in [5.41, 5.74) is -0.768. The summed E-state index contributed by atoms with van der Waals surface area (Å²) in [5.74, 6) is -0.754. The first-order valence-corrected chi connectivity index (χ1v) is 9.75. The van der Waals surface area contributed by atoms with Gasteiger partial charge in [-0.05, 0) is 36.4 Å². The van der Waals surface area contributed by atoms with Gasteiger partial charge in [0.2, 0.25) is 0 Å². The predicted octanol–water partition coefficient (Wildman–Crippen LogP) is 6.63. The van der Waals surface area contributed by atoms with E-state index in [0.29, 0.717) is 20.1 Å². The lowest BCUT2D eigenvalue weighted by atomic mass is 10.1. The molecule has 0 saturated carbocycles. The molecular weight excluding hydrogens is 476 g/mol. The third-order valence-corrected chi connectivity index (χ3v) is 5.07. The van der Waals surface area contributed by atoms with Gasteiger partial charge < -0.3 is 5.32 Å². The number of aromatic nitrogens is 3. The Labute approximate surface area is 188 Å². The van der Waals surface area contributed by atoms with E-state index >= 15 is 0 Å². The highest BCUT2D eigenvalue weighted by Gasteiger charge is 2.35. The number of anilines is 1. The zero-order chi connectivity index (χ0) is 22.3. The number of amides is 1. The van der Waals surface area contributed by atoms with Crippen LogP contribution in [0.5, 0.6) is 0 Å². The highest BCUT2D eigenvalue weighted by molar-refractivity contribution is 6.36. The fourth-order valence-electron chi connectivity index (χ4n) is 2.83. The molecule has 1 amide bonds. The Bertz CT molecular complexity index is 1300. The van der Waals surface area contributed by atoms with Crippen molar-refractivity contribution in [2.75, 3.05) is 5.32 Å². The first-order chi connectivity index (χ1) is 14.6. The number of benzene rings is 2. The number of alkyl halides is 3. The summed E-state index contributed by atoms with van der Waals surface area (Å²) >= 11 is 17.7. The zero-order valence-electron chi connectivity index (χ0n) is 15.2. The third-order valence-electron chi connectivity index (χ3n) is 4.27. The van der Waals surface area contributed by atoms with Gasteiger partial charge in [0.05, 0.1) is 16.4 Å². The molecular formula is C20H10Cl3F3N4O. The Morgan fingerprint density at radius 2 is 1.61 bits per heavy atom. The van der Waals surface area contributed by atoms with Crippen LogP contribution >= 0.6 is 34.8 Å². The van der Waals surface area contributed by atoms with Crippen LogP contribution in [-0.2, 0) is 6.18 Å². The molecule has 11 heteroatoms. The number of hydrogen-bond acceptors (Lipinski definition) is 3. The molecule has 0 spiro atoms. The molecule has 1 N–H and O–H groups in total. The minimum atomic E-state index is -4.73. The fourth-order valence-corrected chi connectivity index (χ4v) is 3.41. The van der Waals surface area contributed by atoms with Gasteiger partial charge in [0.15, 0.2) is 17.0 Å². The average molecular weight is 486 g/mol. The number of nitrogens with one attached hydrogen (secondary N) is 1. The van der Waals surface area contributed by atoms with E-state index in [1.165, 1.54) is 18.2 Å². The molecule has 0 aliphatic heterocycles. The normalized spacial score (nSPS) is 11.7. The van der Waals surface area contributed by atoms with Crippen LogP contribution in [0, 0.1) is 0 Å². The van der Waals surface area contributed by atoms with E-state index in [-0.39, 0.29) is 27.7 Å². The van der Waals surface area contributed by atoms with Crippen LogP contribution in [0.4, 0.5) is 18.9 Å². The number of nitrogens with zero attached hydrogens (tertiary/aromatic N) is 3. The largest absolute Gasteiger partial charge is 0.433 e. The highest BCUT2D eigenvalue weighted by Crippen LogP contribution is 2.33. The monoisotopic (exact) mass is 484 g/mol. The maximum Gasteiger partial charge on any atom is 0.433 e. The van der Waals surface area contributed by atoms with Crippen molar-refractivity contribution in [1.82, 2.24) is 14.6 Å². The van der Waals surface area contributed by atoms with Crippen molar-refractivity contribution in [2.24, 2.45) is 0 Å². The molecule has 2 aromatic carbocycles. The molecule has 158 valence electrons. The summed E-state index contributed by atoms with van der Waals surface area (Å²) in [6, 6.07) is 12.6. The SMILES string of the molecule is O=C(Nc1ccc(Cl)cc1Cl)c1cc2nc(-c3ccc(Cl)cc3)cc(C(F)(F)F)n2n1.